The zero-order chi connectivity index (χ0) is 32.6. The van der Waals surface area contributed by atoms with Gasteiger partial charge in [-0.05, 0) is 86.7 Å². The van der Waals surface area contributed by atoms with Gasteiger partial charge in [0.2, 0.25) is 5.91 Å². The maximum absolute atomic E-state index is 14.0. The summed E-state index contributed by atoms with van der Waals surface area (Å²) in [6, 6.07) is 4.52. The Bertz CT molecular complexity index is 1330. The molecule has 2 aliphatic rings. The van der Waals surface area contributed by atoms with E-state index in [4.69, 9.17) is 4.74 Å². The molecule has 0 aromatic heterocycles. The standard InChI is InChI=1S/C31H36F7N3O3/c1-18-12-23(32)7-8-25(18)27-17-40(24-6-5-10-41(16-24)29(43)44-4)11-9-26(27)28(42)39(3)19(2)20-13-21(30(33,34)35)15-22(14-20)31(36,37)38/h7-8,12-15,19,24,26-27H,5-6,9-11,16-17H2,1-4H3/t19-,24?,26-,27+/m0/s1. The second-order valence-corrected chi connectivity index (χ2v) is 11.7. The zero-order valence-electron chi connectivity index (χ0n) is 24.9. The molecule has 4 atom stereocenters. The molecule has 13 heteroatoms. The van der Waals surface area contributed by atoms with E-state index in [1.54, 1.807) is 17.9 Å². The van der Waals surface area contributed by atoms with Crippen LogP contribution in [-0.2, 0) is 21.9 Å². The Morgan fingerprint density at radius 3 is 2.16 bits per heavy atom. The summed E-state index contributed by atoms with van der Waals surface area (Å²) in [5.41, 5.74) is -1.83. The number of ether oxygens (including phenoxy) is 1. The molecular weight excluding hydrogens is 595 g/mol. The quantitative estimate of drug-likeness (QED) is 0.333. The number of piperidine rings is 2. The third kappa shape index (κ3) is 7.30. The molecule has 0 aliphatic carbocycles. The molecule has 0 bridgehead atoms. The van der Waals surface area contributed by atoms with Crippen molar-refractivity contribution in [1.82, 2.24) is 14.7 Å². The number of likely N-dealkylation sites (tertiary alicyclic amines) is 2. The molecule has 6 nitrogen and oxygen atoms in total. The molecule has 2 amide bonds. The number of rotatable bonds is 5. The lowest BCUT2D eigenvalue weighted by Gasteiger charge is -2.46. The first-order valence-corrected chi connectivity index (χ1v) is 14.4. The number of hydrogen-bond acceptors (Lipinski definition) is 4. The van der Waals surface area contributed by atoms with Crippen molar-refractivity contribution < 1.29 is 45.1 Å². The van der Waals surface area contributed by atoms with Crippen LogP contribution in [0.4, 0.5) is 35.5 Å². The summed E-state index contributed by atoms with van der Waals surface area (Å²) >= 11 is 0. The van der Waals surface area contributed by atoms with E-state index in [0.717, 1.165) is 18.4 Å². The van der Waals surface area contributed by atoms with Gasteiger partial charge in [0, 0.05) is 44.6 Å². The van der Waals surface area contributed by atoms with E-state index in [0.29, 0.717) is 50.3 Å². The van der Waals surface area contributed by atoms with E-state index in [1.165, 1.54) is 38.1 Å². The van der Waals surface area contributed by atoms with Crippen LogP contribution in [0.2, 0.25) is 0 Å². The van der Waals surface area contributed by atoms with Gasteiger partial charge in [0.1, 0.15) is 5.82 Å². The summed E-state index contributed by atoms with van der Waals surface area (Å²) in [6.45, 7) is 5.00. The number of alkyl halides is 6. The third-order valence-corrected chi connectivity index (χ3v) is 8.96. The Morgan fingerprint density at radius 2 is 1.59 bits per heavy atom. The molecule has 2 aromatic rings. The smallest absolute Gasteiger partial charge is 0.416 e. The first-order chi connectivity index (χ1) is 20.5. The van der Waals surface area contributed by atoms with E-state index < -0.39 is 59.2 Å². The van der Waals surface area contributed by atoms with E-state index >= 15 is 0 Å². The van der Waals surface area contributed by atoms with Crippen molar-refractivity contribution in [3.63, 3.8) is 0 Å². The van der Waals surface area contributed by atoms with E-state index in [1.807, 2.05) is 0 Å². The molecule has 2 heterocycles. The van der Waals surface area contributed by atoms with Crippen LogP contribution < -0.4 is 0 Å². The fourth-order valence-corrected chi connectivity index (χ4v) is 6.42. The number of amides is 2. The first-order valence-electron chi connectivity index (χ1n) is 14.4. The number of benzene rings is 2. The van der Waals surface area contributed by atoms with Crippen molar-refractivity contribution in [2.45, 2.75) is 63.5 Å². The van der Waals surface area contributed by atoms with Crippen LogP contribution in [0, 0.1) is 18.7 Å². The molecule has 0 N–H and O–H groups in total. The highest BCUT2D eigenvalue weighted by molar-refractivity contribution is 5.80. The van der Waals surface area contributed by atoms with Gasteiger partial charge in [-0.1, -0.05) is 6.07 Å². The Kier molecular flexibility index (Phi) is 9.87. The minimum Gasteiger partial charge on any atom is -0.453 e. The lowest BCUT2D eigenvalue weighted by Crippen LogP contribution is -2.54. The van der Waals surface area contributed by atoms with Gasteiger partial charge in [-0.3, -0.25) is 9.69 Å². The van der Waals surface area contributed by atoms with Crippen LogP contribution in [0.5, 0.6) is 0 Å². The van der Waals surface area contributed by atoms with Crippen molar-refractivity contribution in [3.05, 3.63) is 70.0 Å². The van der Waals surface area contributed by atoms with Crippen molar-refractivity contribution in [1.29, 1.82) is 0 Å². The lowest BCUT2D eigenvalue weighted by atomic mass is 9.77. The summed E-state index contributed by atoms with van der Waals surface area (Å²) in [7, 11) is 2.69. The van der Waals surface area contributed by atoms with Crippen molar-refractivity contribution in [2.24, 2.45) is 5.92 Å². The predicted octanol–water partition coefficient (Wildman–Crippen LogP) is 7.03. The van der Waals surface area contributed by atoms with Crippen LogP contribution in [0.3, 0.4) is 0 Å². The Labute approximate surface area is 251 Å². The molecule has 2 aliphatic heterocycles. The van der Waals surface area contributed by atoms with Crippen molar-refractivity contribution in [2.75, 3.05) is 40.3 Å². The normalized spacial score (nSPS) is 22.4. The number of hydrogen-bond donors (Lipinski definition) is 0. The molecule has 1 unspecified atom stereocenters. The molecule has 2 fully saturated rings. The van der Waals surface area contributed by atoms with Crippen LogP contribution in [-0.4, -0.2) is 73.1 Å². The van der Waals surface area contributed by atoms with Gasteiger partial charge >= 0.3 is 18.4 Å². The Morgan fingerprint density at radius 1 is 0.955 bits per heavy atom. The maximum Gasteiger partial charge on any atom is 0.416 e. The minimum absolute atomic E-state index is 0.00953. The Balaban J connectivity index is 1.64. The number of carbonyl (C=O) groups is 2. The van der Waals surface area contributed by atoms with Gasteiger partial charge in [-0.25, -0.2) is 9.18 Å². The molecule has 0 spiro atoms. The fraction of sp³-hybridized carbons (Fsp3) is 0.548. The molecule has 2 saturated heterocycles. The zero-order valence-corrected chi connectivity index (χ0v) is 24.9. The molecular formula is C31H36F7N3O3. The summed E-state index contributed by atoms with van der Waals surface area (Å²) < 4.78 is 100. The van der Waals surface area contributed by atoms with Gasteiger partial charge in [0.25, 0.3) is 0 Å². The molecule has 4 rings (SSSR count). The molecule has 44 heavy (non-hydrogen) atoms. The van der Waals surface area contributed by atoms with Crippen LogP contribution in [0.15, 0.2) is 36.4 Å². The molecule has 2 aromatic carbocycles. The third-order valence-electron chi connectivity index (χ3n) is 8.96. The lowest BCUT2D eigenvalue weighted by molar-refractivity contribution is -0.143. The van der Waals surface area contributed by atoms with Crippen molar-refractivity contribution >= 4 is 12.0 Å². The van der Waals surface area contributed by atoms with Crippen LogP contribution in [0.1, 0.15) is 66.0 Å². The van der Waals surface area contributed by atoms with Crippen LogP contribution in [0.25, 0.3) is 0 Å². The van der Waals surface area contributed by atoms with Gasteiger partial charge < -0.3 is 14.5 Å². The van der Waals surface area contributed by atoms with Gasteiger partial charge in [-0.2, -0.15) is 26.3 Å². The maximum atomic E-state index is 14.0. The number of methoxy groups -OCH3 is 1. The number of aryl methyl sites for hydroxylation is 1. The molecule has 0 saturated carbocycles. The van der Waals surface area contributed by atoms with E-state index in [9.17, 15) is 40.3 Å². The number of halogens is 7. The summed E-state index contributed by atoms with van der Waals surface area (Å²) in [4.78, 5) is 31.2. The largest absolute Gasteiger partial charge is 0.453 e. The topological polar surface area (TPSA) is 53.1 Å². The van der Waals surface area contributed by atoms with Crippen molar-refractivity contribution in [3.8, 4) is 0 Å². The van der Waals surface area contributed by atoms with Gasteiger partial charge in [0.15, 0.2) is 0 Å². The SMILES string of the molecule is COC(=O)N1CCCC(N2CC[C@H](C(=O)N(C)[C@@H](C)c3cc(C(F)(F)F)cc(C(F)(F)F)c3)[C@@H](c3ccc(F)cc3C)C2)C1. The van der Waals surface area contributed by atoms with Crippen LogP contribution >= 0.6 is 0 Å². The summed E-state index contributed by atoms with van der Waals surface area (Å²) in [5, 5.41) is 0. The highest BCUT2D eigenvalue weighted by Gasteiger charge is 2.42. The fourth-order valence-electron chi connectivity index (χ4n) is 6.42. The summed E-state index contributed by atoms with van der Waals surface area (Å²) in [6.07, 6.45) is -8.53. The first kappa shape index (κ1) is 33.5. The summed E-state index contributed by atoms with van der Waals surface area (Å²) in [5.74, 6) is -1.99. The highest BCUT2D eigenvalue weighted by atomic mass is 19.4. The predicted molar refractivity (Wildman–Crippen MR) is 148 cm³/mol. The number of carbonyl (C=O) groups excluding carboxylic acids is 2. The highest BCUT2D eigenvalue weighted by Crippen LogP contribution is 2.41. The minimum atomic E-state index is -5.01. The van der Waals surface area contributed by atoms with Gasteiger partial charge in [-0.15, -0.1) is 0 Å². The molecule has 0 radical (unpaired) electrons. The second kappa shape index (κ2) is 12.9. The average Bonchev–Trinajstić information content (AvgIpc) is 2.98. The monoisotopic (exact) mass is 631 g/mol. The van der Waals surface area contributed by atoms with E-state index in [2.05, 4.69) is 4.90 Å². The average molecular weight is 632 g/mol. The van der Waals surface area contributed by atoms with Gasteiger partial charge in [0.05, 0.1) is 24.3 Å². The van der Waals surface area contributed by atoms with E-state index in [-0.39, 0.29) is 17.7 Å². The molecule has 242 valence electrons. The second-order valence-electron chi connectivity index (χ2n) is 11.7. The number of nitrogens with zero attached hydrogens (tertiary/aromatic N) is 3. The Hall–Kier alpha value is -3.35.